The van der Waals surface area contributed by atoms with Crippen molar-refractivity contribution in [1.29, 1.82) is 0 Å². The summed E-state index contributed by atoms with van der Waals surface area (Å²) in [5.41, 5.74) is 3.51. The molecule has 0 bridgehead atoms. The first-order chi connectivity index (χ1) is 9.19. The molecule has 3 nitrogen and oxygen atoms in total. The summed E-state index contributed by atoms with van der Waals surface area (Å²) >= 11 is 0. The number of aryl methyl sites for hydroxylation is 2. The number of nitrogens with zero attached hydrogens (tertiary/aromatic N) is 1. The molecule has 0 spiro atoms. The molecule has 0 aliphatic rings. The van der Waals surface area contributed by atoms with Gasteiger partial charge in [-0.15, -0.1) is 0 Å². The van der Waals surface area contributed by atoms with Gasteiger partial charge in [0.25, 0.3) is 0 Å². The fourth-order valence-electron chi connectivity index (χ4n) is 2.10. The van der Waals surface area contributed by atoms with E-state index in [4.69, 9.17) is 4.42 Å². The monoisotopic (exact) mass is 258 g/mol. The Bertz CT molecular complexity index is 502. The summed E-state index contributed by atoms with van der Waals surface area (Å²) in [5.74, 6) is 0.954. The van der Waals surface area contributed by atoms with Crippen molar-refractivity contribution >= 4 is 0 Å². The van der Waals surface area contributed by atoms with Crippen LogP contribution in [0.1, 0.15) is 42.0 Å². The third-order valence-electron chi connectivity index (χ3n) is 3.18. The maximum atomic E-state index is 5.42. The summed E-state index contributed by atoms with van der Waals surface area (Å²) in [5, 5.41) is 3.56. The van der Waals surface area contributed by atoms with Crippen molar-refractivity contribution in [2.75, 3.05) is 6.54 Å². The molecular weight excluding hydrogens is 236 g/mol. The van der Waals surface area contributed by atoms with Gasteiger partial charge in [0.1, 0.15) is 5.76 Å². The van der Waals surface area contributed by atoms with Gasteiger partial charge in [-0.2, -0.15) is 0 Å². The van der Waals surface area contributed by atoms with Crippen molar-refractivity contribution < 1.29 is 4.42 Å². The average Bonchev–Trinajstić information content (AvgIpc) is 2.83. The molecule has 3 heteroatoms. The Morgan fingerprint density at radius 3 is 2.74 bits per heavy atom. The predicted molar refractivity (Wildman–Crippen MR) is 77.2 cm³/mol. The van der Waals surface area contributed by atoms with Gasteiger partial charge >= 0.3 is 0 Å². The zero-order chi connectivity index (χ0) is 13.7. The van der Waals surface area contributed by atoms with Crippen molar-refractivity contribution in [1.82, 2.24) is 10.3 Å². The molecule has 0 aromatic carbocycles. The minimum absolute atomic E-state index is 0.271. The van der Waals surface area contributed by atoms with E-state index in [0.29, 0.717) is 0 Å². The molecule has 0 fully saturated rings. The topological polar surface area (TPSA) is 38.1 Å². The molecule has 2 aromatic heterocycles. The lowest BCUT2D eigenvalue weighted by atomic mass is 10.0. The zero-order valence-electron chi connectivity index (χ0n) is 11.9. The van der Waals surface area contributed by atoms with Gasteiger partial charge in [0.05, 0.1) is 6.26 Å². The number of hydrogen-bond donors (Lipinski definition) is 1. The highest BCUT2D eigenvalue weighted by molar-refractivity contribution is 5.20. The lowest BCUT2D eigenvalue weighted by Gasteiger charge is -2.16. The molecule has 0 amide bonds. The molecule has 1 atom stereocenters. The van der Waals surface area contributed by atoms with E-state index in [9.17, 15) is 0 Å². The molecule has 0 saturated carbocycles. The van der Waals surface area contributed by atoms with Crippen molar-refractivity contribution in [3.8, 4) is 0 Å². The first kappa shape index (κ1) is 13.8. The summed E-state index contributed by atoms with van der Waals surface area (Å²) in [6.07, 6.45) is 5.78. The minimum atomic E-state index is 0.271. The molecule has 0 aliphatic carbocycles. The van der Waals surface area contributed by atoms with Crippen LogP contribution >= 0.6 is 0 Å². The Balaban J connectivity index is 2.11. The average molecular weight is 258 g/mol. The lowest BCUT2D eigenvalue weighted by molar-refractivity contribution is 0.501. The second-order valence-corrected chi connectivity index (χ2v) is 5.03. The Morgan fingerprint density at radius 1 is 1.32 bits per heavy atom. The van der Waals surface area contributed by atoms with Crippen LogP contribution < -0.4 is 5.32 Å². The van der Waals surface area contributed by atoms with Gasteiger partial charge in [0, 0.05) is 29.9 Å². The van der Waals surface area contributed by atoms with E-state index in [1.165, 1.54) is 11.1 Å². The fraction of sp³-hybridized carbons (Fsp3) is 0.438. The normalized spacial score (nSPS) is 12.6. The van der Waals surface area contributed by atoms with E-state index in [0.717, 1.165) is 30.8 Å². The summed E-state index contributed by atoms with van der Waals surface area (Å²) in [7, 11) is 0. The molecule has 0 radical (unpaired) electrons. The fourth-order valence-corrected chi connectivity index (χ4v) is 2.10. The number of pyridine rings is 1. The van der Waals surface area contributed by atoms with Crippen molar-refractivity contribution in [3.05, 3.63) is 53.2 Å². The van der Waals surface area contributed by atoms with Gasteiger partial charge in [0.2, 0.25) is 0 Å². The van der Waals surface area contributed by atoms with Crippen LogP contribution in [-0.2, 0) is 6.42 Å². The molecular formula is C16H22N2O. The molecule has 0 aliphatic heterocycles. The first-order valence-corrected chi connectivity index (χ1v) is 6.89. The Labute approximate surface area is 115 Å². The molecule has 19 heavy (non-hydrogen) atoms. The van der Waals surface area contributed by atoms with Crippen molar-refractivity contribution in [2.24, 2.45) is 0 Å². The highest BCUT2D eigenvalue weighted by Gasteiger charge is 2.14. The van der Waals surface area contributed by atoms with Gasteiger partial charge in [-0.1, -0.05) is 13.0 Å². The Kier molecular flexibility index (Phi) is 4.74. The van der Waals surface area contributed by atoms with E-state index >= 15 is 0 Å². The number of aromatic nitrogens is 1. The second-order valence-electron chi connectivity index (χ2n) is 5.03. The van der Waals surface area contributed by atoms with Crippen LogP contribution in [0.4, 0.5) is 0 Å². The van der Waals surface area contributed by atoms with E-state index in [1.54, 1.807) is 0 Å². The maximum Gasteiger partial charge on any atom is 0.101 e. The molecule has 0 saturated heterocycles. The van der Waals surface area contributed by atoms with Gasteiger partial charge in [0.15, 0.2) is 0 Å². The highest BCUT2D eigenvalue weighted by atomic mass is 16.3. The van der Waals surface area contributed by atoms with Crippen molar-refractivity contribution in [3.63, 3.8) is 0 Å². The predicted octanol–water partition coefficient (Wildman–Crippen LogP) is 3.57. The zero-order valence-corrected chi connectivity index (χ0v) is 11.9. The third-order valence-corrected chi connectivity index (χ3v) is 3.18. The van der Waals surface area contributed by atoms with Crippen LogP contribution in [0.15, 0.2) is 35.1 Å². The summed E-state index contributed by atoms with van der Waals surface area (Å²) in [4.78, 5) is 4.49. The van der Waals surface area contributed by atoms with Crippen LogP contribution in [0.3, 0.4) is 0 Å². The standard InChI is InChI=1S/C16H22N2O/c1-4-7-17-16(14-8-13(3)19-11-14)9-15-6-5-12(2)10-18-15/h5-6,8,10-11,16-17H,4,7,9H2,1-3H3. The Hall–Kier alpha value is -1.61. The summed E-state index contributed by atoms with van der Waals surface area (Å²) in [6.45, 7) is 7.21. The van der Waals surface area contributed by atoms with Crippen LogP contribution in [0, 0.1) is 13.8 Å². The van der Waals surface area contributed by atoms with E-state index in [1.807, 2.05) is 19.4 Å². The van der Waals surface area contributed by atoms with Crippen LogP contribution in [0.5, 0.6) is 0 Å². The Morgan fingerprint density at radius 2 is 2.16 bits per heavy atom. The molecule has 1 N–H and O–H groups in total. The van der Waals surface area contributed by atoms with Gasteiger partial charge in [-0.05, 0) is 44.5 Å². The van der Waals surface area contributed by atoms with E-state index in [-0.39, 0.29) is 6.04 Å². The van der Waals surface area contributed by atoms with Gasteiger partial charge < -0.3 is 9.73 Å². The van der Waals surface area contributed by atoms with Crippen LogP contribution in [0.2, 0.25) is 0 Å². The maximum absolute atomic E-state index is 5.42. The largest absolute Gasteiger partial charge is 0.469 e. The lowest BCUT2D eigenvalue weighted by Crippen LogP contribution is -2.24. The molecule has 1 unspecified atom stereocenters. The number of nitrogens with one attached hydrogen (secondary N) is 1. The SMILES string of the molecule is CCCNC(Cc1ccc(C)cn1)c1coc(C)c1. The van der Waals surface area contributed by atoms with E-state index in [2.05, 4.69) is 42.3 Å². The van der Waals surface area contributed by atoms with Gasteiger partial charge in [-0.3, -0.25) is 4.98 Å². The van der Waals surface area contributed by atoms with E-state index < -0.39 is 0 Å². The molecule has 102 valence electrons. The summed E-state index contributed by atoms with van der Waals surface area (Å²) < 4.78 is 5.42. The second kappa shape index (κ2) is 6.53. The third kappa shape index (κ3) is 3.93. The first-order valence-electron chi connectivity index (χ1n) is 6.89. The minimum Gasteiger partial charge on any atom is -0.469 e. The van der Waals surface area contributed by atoms with Gasteiger partial charge in [-0.25, -0.2) is 0 Å². The van der Waals surface area contributed by atoms with Crippen LogP contribution in [-0.4, -0.2) is 11.5 Å². The number of furan rings is 1. The van der Waals surface area contributed by atoms with Crippen molar-refractivity contribution in [2.45, 2.75) is 39.7 Å². The summed E-state index contributed by atoms with van der Waals surface area (Å²) in [6, 6.07) is 6.58. The molecule has 2 aromatic rings. The quantitative estimate of drug-likeness (QED) is 0.860. The number of hydrogen-bond acceptors (Lipinski definition) is 3. The molecule has 2 rings (SSSR count). The smallest absolute Gasteiger partial charge is 0.101 e. The number of rotatable bonds is 6. The highest BCUT2D eigenvalue weighted by Crippen LogP contribution is 2.20. The molecule has 2 heterocycles. The van der Waals surface area contributed by atoms with Crippen LogP contribution in [0.25, 0.3) is 0 Å².